The Bertz CT molecular complexity index is 1530. The number of aromatic nitrogens is 3. The molecule has 0 fully saturated rings. The highest BCUT2D eigenvalue weighted by molar-refractivity contribution is 7.98. The molecule has 1 aliphatic heterocycles. The highest BCUT2D eigenvalue weighted by Crippen LogP contribution is 2.39. The molecule has 1 aromatic heterocycles. The number of rotatable bonds is 6. The van der Waals surface area contributed by atoms with Crippen molar-refractivity contribution in [2.45, 2.75) is 30.8 Å². The minimum Gasteiger partial charge on any atom is -0.328 e. The molecule has 0 radical (unpaired) electrons. The monoisotopic (exact) mass is 569 g/mol. The quantitative estimate of drug-likeness (QED) is 0.232. The number of carbonyl (C=O) groups is 1. The smallest absolute Gasteiger partial charge is 0.255 e. The number of hydrogen-bond acceptors (Lipinski definition) is 5. The molecule has 10 heteroatoms. The van der Waals surface area contributed by atoms with Crippen LogP contribution < -0.4 is 10.6 Å². The first-order valence-electron chi connectivity index (χ1n) is 11.4. The number of halogens is 3. The van der Waals surface area contributed by atoms with Gasteiger partial charge in [0.2, 0.25) is 11.1 Å². The Morgan fingerprint density at radius 1 is 1.00 bits per heavy atom. The summed E-state index contributed by atoms with van der Waals surface area (Å²) in [5.41, 5.74) is 4.68. The first-order chi connectivity index (χ1) is 17.8. The molecule has 37 heavy (non-hydrogen) atoms. The summed E-state index contributed by atoms with van der Waals surface area (Å²) in [7, 11) is 0. The third-order valence-corrected chi connectivity index (χ3v) is 7.92. The Hall–Kier alpha value is -2.97. The van der Waals surface area contributed by atoms with Gasteiger partial charge in [0.25, 0.3) is 5.91 Å². The van der Waals surface area contributed by atoms with Crippen molar-refractivity contribution in [1.82, 2.24) is 14.8 Å². The number of fused-ring (bicyclic) bond motifs is 1. The molecule has 0 aliphatic carbocycles. The van der Waals surface area contributed by atoms with Gasteiger partial charge < -0.3 is 10.6 Å². The van der Waals surface area contributed by atoms with Gasteiger partial charge in [-0.3, -0.25) is 4.79 Å². The first kappa shape index (κ1) is 25.7. The van der Waals surface area contributed by atoms with E-state index in [1.807, 2.05) is 68.4 Å². The highest BCUT2D eigenvalue weighted by Gasteiger charge is 2.34. The van der Waals surface area contributed by atoms with Crippen molar-refractivity contribution in [2.75, 3.05) is 10.6 Å². The van der Waals surface area contributed by atoms with Crippen LogP contribution >= 0.6 is 46.6 Å². The molecule has 0 spiro atoms. The summed E-state index contributed by atoms with van der Waals surface area (Å²) in [6, 6.07) is 20.1. The maximum absolute atomic E-state index is 13.6. The number of amides is 1. The van der Waals surface area contributed by atoms with Crippen molar-refractivity contribution in [3.63, 3.8) is 0 Å². The summed E-state index contributed by atoms with van der Waals surface area (Å²) in [4.78, 5) is 18.3. The van der Waals surface area contributed by atoms with Gasteiger partial charge in [-0.05, 0) is 60.9 Å². The molecule has 0 saturated heterocycles. The van der Waals surface area contributed by atoms with Crippen LogP contribution in [0.1, 0.15) is 29.7 Å². The van der Waals surface area contributed by atoms with E-state index in [4.69, 9.17) is 39.9 Å². The number of nitrogens with one attached hydrogen (secondary N) is 2. The van der Waals surface area contributed by atoms with Gasteiger partial charge in [0.15, 0.2) is 0 Å². The van der Waals surface area contributed by atoms with Crippen molar-refractivity contribution in [3.05, 3.63) is 110 Å². The topological polar surface area (TPSA) is 71.8 Å². The zero-order valence-electron chi connectivity index (χ0n) is 19.9. The largest absolute Gasteiger partial charge is 0.328 e. The molecule has 1 atom stereocenters. The van der Waals surface area contributed by atoms with E-state index in [2.05, 4.69) is 15.6 Å². The molecule has 1 aliphatic rings. The maximum Gasteiger partial charge on any atom is 0.255 e. The van der Waals surface area contributed by atoms with Crippen LogP contribution in [0.15, 0.2) is 83.2 Å². The Labute approximate surface area is 234 Å². The van der Waals surface area contributed by atoms with Gasteiger partial charge in [0, 0.05) is 22.2 Å². The van der Waals surface area contributed by atoms with Crippen LogP contribution in [0.4, 0.5) is 11.6 Å². The average molecular weight is 571 g/mol. The van der Waals surface area contributed by atoms with Gasteiger partial charge in [-0.2, -0.15) is 4.98 Å². The molecule has 1 amide bonds. The van der Waals surface area contributed by atoms with Crippen LogP contribution in [0.5, 0.6) is 0 Å². The summed E-state index contributed by atoms with van der Waals surface area (Å²) in [5, 5.41) is 13.1. The Morgan fingerprint density at radius 2 is 1.81 bits per heavy atom. The number of anilines is 2. The molecule has 0 saturated carbocycles. The Morgan fingerprint density at radius 3 is 2.57 bits per heavy atom. The molecule has 0 bridgehead atoms. The van der Waals surface area contributed by atoms with E-state index in [9.17, 15) is 4.79 Å². The van der Waals surface area contributed by atoms with E-state index in [0.29, 0.717) is 48.9 Å². The van der Waals surface area contributed by atoms with Crippen LogP contribution in [-0.2, 0) is 10.5 Å². The molecular weight excluding hydrogens is 549 g/mol. The van der Waals surface area contributed by atoms with Crippen molar-refractivity contribution in [1.29, 1.82) is 0 Å². The number of nitrogens with zero attached hydrogens (tertiary/aromatic N) is 3. The van der Waals surface area contributed by atoms with Crippen molar-refractivity contribution in [2.24, 2.45) is 0 Å². The van der Waals surface area contributed by atoms with Crippen molar-refractivity contribution < 1.29 is 4.79 Å². The molecule has 188 valence electrons. The minimum absolute atomic E-state index is 0.252. The Balaban J connectivity index is 1.52. The molecule has 2 heterocycles. The molecule has 5 rings (SSSR count). The second kappa shape index (κ2) is 10.8. The van der Waals surface area contributed by atoms with E-state index in [1.165, 1.54) is 11.8 Å². The van der Waals surface area contributed by atoms with Gasteiger partial charge in [0.1, 0.15) is 6.04 Å². The molecule has 4 aromatic rings. The number of allylic oxidation sites excluding steroid dienone is 1. The Kier molecular flexibility index (Phi) is 7.49. The van der Waals surface area contributed by atoms with Gasteiger partial charge in [0.05, 0.1) is 15.6 Å². The normalized spacial score (nSPS) is 14.8. The summed E-state index contributed by atoms with van der Waals surface area (Å²) < 4.78 is 1.71. The predicted molar refractivity (Wildman–Crippen MR) is 152 cm³/mol. The fourth-order valence-electron chi connectivity index (χ4n) is 4.16. The van der Waals surface area contributed by atoms with Gasteiger partial charge in [-0.25, -0.2) is 4.68 Å². The van der Waals surface area contributed by atoms with Gasteiger partial charge in [-0.15, -0.1) is 5.10 Å². The fraction of sp³-hybridized carbons (Fsp3) is 0.148. The molecule has 1 unspecified atom stereocenters. The van der Waals surface area contributed by atoms with E-state index in [0.717, 1.165) is 16.7 Å². The lowest BCUT2D eigenvalue weighted by molar-refractivity contribution is -0.113. The fourth-order valence-corrected chi connectivity index (χ4v) is 5.58. The van der Waals surface area contributed by atoms with Crippen LogP contribution in [0.2, 0.25) is 15.1 Å². The summed E-state index contributed by atoms with van der Waals surface area (Å²) in [6.45, 7) is 3.83. The second-order valence-corrected chi connectivity index (χ2v) is 10.8. The van der Waals surface area contributed by atoms with Crippen molar-refractivity contribution >= 4 is 64.1 Å². The zero-order chi connectivity index (χ0) is 26.1. The minimum atomic E-state index is -0.571. The third-order valence-electron chi connectivity index (χ3n) is 5.93. The maximum atomic E-state index is 13.6. The van der Waals surface area contributed by atoms with Gasteiger partial charge >= 0.3 is 0 Å². The highest BCUT2D eigenvalue weighted by atomic mass is 35.5. The van der Waals surface area contributed by atoms with Crippen LogP contribution in [-0.4, -0.2) is 20.7 Å². The SMILES string of the molecule is CC1=C(C(=O)Nc2cccc(C)c2)C(c2ccc(Cl)c(Cl)c2)n2nc(SCc3ccccc3Cl)nc2N1. The lowest BCUT2D eigenvalue weighted by Gasteiger charge is -2.29. The number of benzene rings is 3. The zero-order valence-corrected chi connectivity index (χ0v) is 23.0. The first-order valence-corrected chi connectivity index (χ1v) is 13.6. The lowest BCUT2D eigenvalue weighted by Crippen LogP contribution is -2.31. The molecule has 2 N–H and O–H groups in total. The van der Waals surface area contributed by atoms with Crippen LogP contribution in [0.25, 0.3) is 0 Å². The molecular formula is C27H22Cl3N5OS. The molecule has 6 nitrogen and oxygen atoms in total. The number of thioether (sulfide) groups is 1. The third kappa shape index (κ3) is 5.50. The summed E-state index contributed by atoms with van der Waals surface area (Å²) in [5.74, 6) is 0.883. The predicted octanol–water partition coefficient (Wildman–Crippen LogP) is 7.77. The van der Waals surface area contributed by atoms with E-state index in [-0.39, 0.29) is 5.91 Å². The number of aryl methyl sites for hydroxylation is 1. The molecule has 3 aromatic carbocycles. The van der Waals surface area contributed by atoms with E-state index in [1.54, 1.807) is 16.8 Å². The average Bonchev–Trinajstić information content (AvgIpc) is 3.26. The van der Waals surface area contributed by atoms with Crippen LogP contribution in [0.3, 0.4) is 0 Å². The number of hydrogen-bond donors (Lipinski definition) is 2. The standard InChI is InChI=1S/C27H22Cl3N5OS/c1-15-6-5-8-19(12-15)32-25(36)23-16(2)31-26-33-27(37-14-18-7-3-4-9-20(18)28)34-35(26)24(23)17-10-11-21(29)22(30)13-17/h3-13,24H,14H2,1-2H3,(H,32,36)(H,31,33,34). The van der Waals surface area contributed by atoms with Crippen molar-refractivity contribution in [3.8, 4) is 0 Å². The van der Waals surface area contributed by atoms with E-state index >= 15 is 0 Å². The van der Waals surface area contributed by atoms with E-state index < -0.39 is 6.04 Å². The second-order valence-electron chi connectivity index (χ2n) is 8.61. The summed E-state index contributed by atoms with van der Waals surface area (Å²) >= 11 is 20.4. The van der Waals surface area contributed by atoms with Gasteiger partial charge in [-0.1, -0.05) is 83.0 Å². The lowest BCUT2D eigenvalue weighted by atomic mass is 9.95. The summed E-state index contributed by atoms with van der Waals surface area (Å²) in [6.07, 6.45) is 0. The van der Waals surface area contributed by atoms with Crippen LogP contribution in [0, 0.1) is 6.92 Å². The number of carbonyl (C=O) groups excluding carboxylic acids is 1.